The maximum Gasteiger partial charge on any atom is 0.261 e. The molecule has 22 heavy (non-hydrogen) atoms. The van der Waals surface area contributed by atoms with Crippen molar-refractivity contribution < 1.29 is 17.9 Å². The summed E-state index contributed by atoms with van der Waals surface area (Å²) in [4.78, 5) is 11.7. The van der Waals surface area contributed by atoms with Crippen molar-refractivity contribution in [3.63, 3.8) is 0 Å². The van der Waals surface area contributed by atoms with Gasteiger partial charge >= 0.3 is 0 Å². The molecule has 6 nitrogen and oxygen atoms in total. The fraction of sp³-hybridized carbons (Fsp3) is 0.133. The van der Waals surface area contributed by atoms with Crippen molar-refractivity contribution in [2.45, 2.75) is 11.3 Å². The standard InChI is InChI=1S/C15H14N2O4S/c18-15-8-9-21-14-7-6-11(10-13(14)16-15)17-22(19,20)12-4-2-1-3-5-12/h1-7,10,17H,8-9H2,(H,16,18). The van der Waals surface area contributed by atoms with Gasteiger partial charge in [0.2, 0.25) is 5.91 Å². The average molecular weight is 318 g/mol. The molecular weight excluding hydrogens is 304 g/mol. The smallest absolute Gasteiger partial charge is 0.261 e. The molecule has 0 saturated carbocycles. The Balaban J connectivity index is 1.89. The maximum atomic E-state index is 12.3. The fourth-order valence-corrected chi connectivity index (χ4v) is 3.17. The molecule has 0 spiro atoms. The summed E-state index contributed by atoms with van der Waals surface area (Å²) in [6, 6.07) is 12.8. The van der Waals surface area contributed by atoms with Crippen LogP contribution >= 0.6 is 0 Å². The third-order valence-corrected chi connectivity index (χ3v) is 4.54. The molecule has 1 aliphatic heterocycles. The SMILES string of the molecule is O=C1CCOc2ccc(NS(=O)(=O)c3ccccc3)cc2N1. The molecule has 0 radical (unpaired) electrons. The molecule has 1 aliphatic rings. The Labute approximate surface area is 128 Å². The van der Waals surface area contributed by atoms with Crippen molar-refractivity contribution >= 4 is 27.3 Å². The highest BCUT2D eigenvalue weighted by Crippen LogP contribution is 2.30. The minimum absolute atomic E-state index is 0.165. The number of ether oxygens (including phenoxy) is 1. The predicted octanol–water partition coefficient (Wildman–Crippen LogP) is 2.21. The highest BCUT2D eigenvalue weighted by molar-refractivity contribution is 7.92. The van der Waals surface area contributed by atoms with Crippen LogP contribution in [0, 0.1) is 0 Å². The molecule has 2 N–H and O–H groups in total. The summed E-state index contributed by atoms with van der Waals surface area (Å²) in [6.45, 7) is 0.300. The van der Waals surface area contributed by atoms with E-state index in [1.165, 1.54) is 12.1 Å². The molecule has 2 aromatic rings. The lowest BCUT2D eigenvalue weighted by molar-refractivity contribution is -0.116. The lowest BCUT2D eigenvalue weighted by atomic mass is 10.2. The minimum atomic E-state index is -3.67. The topological polar surface area (TPSA) is 84.5 Å². The summed E-state index contributed by atoms with van der Waals surface area (Å²) < 4.78 is 32.5. The lowest BCUT2D eigenvalue weighted by Crippen LogP contribution is -2.13. The van der Waals surface area contributed by atoms with Gasteiger partial charge in [-0.3, -0.25) is 9.52 Å². The molecule has 7 heteroatoms. The molecule has 2 aromatic carbocycles. The Kier molecular flexibility index (Phi) is 3.72. The number of sulfonamides is 1. The molecule has 0 aromatic heterocycles. The van der Waals surface area contributed by atoms with Crippen molar-refractivity contribution in [1.29, 1.82) is 0 Å². The van der Waals surface area contributed by atoms with Crippen molar-refractivity contribution in [3.8, 4) is 5.75 Å². The first kappa shape index (κ1) is 14.4. The number of carbonyl (C=O) groups excluding carboxylic acids is 1. The van der Waals surface area contributed by atoms with Gasteiger partial charge < -0.3 is 10.1 Å². The molecular formula is C15H14N2O4S. The number of anilines is 2. The molecule has 114 valence electrons. The highest BCUT2D eigenvalue weighted by Gasteiger charge is 2.17. The zero-order chi connectivity index (χ0) is 15.6. The van der Waals surface area contributed by atoms with Gasteiger partial charge in [0.25, 0.3) is 10.0 Å². The number of carbonyl (C=O) groups is 1. The number of amides is 1. The molecule has 0 bridgehead atoms. The average Bonchev–Trinajstić information content (AvgIpc) is 2.68. The van der Waals surface area contributed by atoms with Gasteiger partial charge in [0.05, 0.1) is 29.3 Å². The van der Waals surface area contributed by atoms with Crippen LogP contribution in [0.4, 0.5) is 11.4 Å². The zero-order valence-electron chi connectivity index (χ0n) is 11.6. The van der Waals surface area contributed by atoms with E-state index in [2.05, 4.69) is 10.0 Å². The lowest BCUT2D eigenvalue weighted by Gasteiger charge is -2.11. The van der Waals surface area contributed by atoms with E-state index in [9.17, 15) is 13.2 Å². The van der Waals surface area contributed by atoms with Gasteiger partial charge in [0.15, 0.2) is 0 Å². The third kappa shape index (κ3) is 3.04. The van der Waals surface area contributed by atoms with Gasteiger partial charge in [0, 0.05) is 0 Å². The highest BCUT2D eigenvalue weighted by atomic mass is 32.2. The number of benzene rings is 2. The molecule has 3 rings (SSSR count). The second-order valence-electron chi connectivity index (χ2n) is 4.78. The van der Waals surface area contributed by atoms with E-state index in [1.54, 1.807) is 36.4 Å². The Morgan fingerprint density at radius 3 is 2.64 bits per heavy atom. The second kappa shape index (κ2) is 5.69. The van der Waals surface area contributed by atoms with E-state index >= 15 is 0 Å². The van der Waals surface area contributed by atoms with Gasteiger partial charge in [-0.25, -0.2) is 8.42 Å². The normalized spacial score (nSPS) is 14.3. The Morgan fingerprint density at radius 2 is 1.86 bits per heavy atom. The number of nitrogens with one attached hydrogen (secondary N) is 2. The van der Waals surface area contributed by atoms with E-state index < -0.39 is 10.0 Å². The van der Waals surface area contributed by atoms with E-state index in [-0.39, 0.29) is 17.2 Å². The third-order valence-electron chi connectivity index (χ3n) is 3.15. The molecule has 0 aliphatic carbocycles. The Hall–Kier alpha value is -2.54. The molecule has 0 atom stereocenters. The van der Waals surface area contributed by atoms with Crippen molar-refractivity contribution in [3.05, 3.63) is 48.5 Å². The predicted molar refractivity (Wildman–Crippen MR) is 82.4 cm³/mol. The zero-order valence-corrected chi connectivity index (χ0v) is 12.4. The molecule has 0 unspecified atom stereocenters. The first-order valence-electron chi connectivity index (χ1n) is 6.69. The second-order valence-corrected chi connectivity index (χ2v) is 6.46. The molecule has 0 saturated heterocycles. The van der Waals surface area contributed by atoms with Crippen LogP contribution in [0.5, 0.6) is 5.75 Å². The van der Waals surface area contributed by atoms with Crippen LogP contribution < -0.4 is 14.8 Å². The van der Waals surface area contributed by atoms with Gasteiger partial charge in [-0.05, 0) is 30.3 Å². The largest absolute Gasteiger partial charge is 0.491 e. The number of hydrogen-bond acceptors (Lipinski definition) is 4. The van der Waals surface area contributed by atoms with Gasteiger partial charge in [-0.2, -0.15) is 0 Å². The van der Waals surface area contributed by atoms with Crippen molar-refractivity contribution in [1.82, 2.24) is 0 Å². The summed E-state index contributed by atoms with van der Waals surface area (Å²) in [6.07, 6.45) is 0.264. The number of fused-ring (bicyclic) bond motifs is 1. The molecule has 1 heterocycles. The van der Waals surface area contributed by atoms with Gasteiger partial charge in [-0.1, -0.05) is 18.2 Å². The summed E-state index contributed by atoms with van der Waals surface area (Å²) in [5.41, 5.74) is 0.809. The van der Waals surface area contributed by atoms with E-state index in [4.69, 9.17) is 4.74 Å². The van der Waals surface area contributed by atoms with Crippen LogP contribution in [0.3, 0.4) is 0 Å². The summed E-state index contributed by atoms with van der Waals surface area (Å²) >= 11 is 0. The maximum absolute atomic E-state index is 12.3. The van der Waals surface area contributed by atoms with Gasteiger partial charge in [0.1, 0.15) is 5.75 Å². The van der Waals surface area contributed by atoms with Crippen LogP contribution in [0.1, 0.15) is 6.42 Å². The van der Waals surface area contributed by atoms with Crippen LogP contribution in [0.15, 0.2) is 53.4 Å². The van der Waals surface area contributed by atoms with Crippen LogP contribution in [0.25, 0.3) is 0 Å². The summed E-state index contributed by atoms with van der Waals surface area (Å²) in [5.74, 6) is 0.357. The van der Waals surface area contributed by atoms with E-state index in [0.29, 0.717) is 23.7 Å². The van der Waals surface area contributed by atoms with E-state index in [1.807, 2.05) is 0 Å². The van der Waals surface area contributed by atoms with Crippen LogP contribution in [0.2, 0.25) is 0 Å². The minimum Gasteiger partial charge on any atom is -0.491 e. The van der Waals surface area contributed by atoms with Gasteiger partial charge in [-0.15, -0.1) is 0 Å². The fourth-order valence-electron chi connectivity index (χ4n) is 2.10. The van der Waals surface area contributed by atoms with Crippen LogP contribution in [-0.4, -0.2) is 20.9 Å². The van der Waals surface area contributed by atoms with Crippen molar-refractivity contribution in [2.24, 2.45) is 0 Å². The van der Waals surface area contributed by atoms with Crippen LogP contribution in [-0.2, 0) is 14.8 Å². The monoisotopic (exact) mass is 318 g/mol. The number of rotatable bonds is 3. The quantitative estimate of drug-likeness (QED) is 0.908. The van der Waals surface area contributed by atoms with E-state index in [0.717, 1.165) is 0 Å². The number of hydrogen-bond donors (Lipinski definition) is 2. The Morgan fingerprint density at radius 1 is 1.09 bits per heavy atom. The Bertz CT molecular complexity index is 804. The van der Waals surface area contributed by atoms with Crippen molar-refractivity contribution in [2.75, 3.05) is 16.6 Å². The first-order valence-corrected chi connectivity index (χ1v) is 8.17. The summed E-state index contributed by atoms with van der Waals surface area (Å²) in [5, 5.41) is 2.69. The summed E-state index contributed by atoms with van der Waals surface area (Å²) in [7, 11) is -3.67. The molecule has 0 fully saturated rings. The first-order chi connectivity index (χ1) is 10.5. The molecule has 1 amide bonds.